The van der Waals surface area contributed by atoms with Gasteiger partial charge in [-0.05, 0) is 99.5 Å². The first-order chi connectivity index (χ1) is 16.4. The van der Waals surface area contributed by atoms with Crippen molar-refractivity contribution in [2.45, 2.75) is 103 Å². The molecule has 3 nitrogen and oxygen atoms in total. The fraction of sp³-hybridized carbons (Fsp3) is 0.516. The molecular formula is C31H38O3. The number of aryl methyl sites for hydroxylation is 2. The number of esters is 1. The van der Waals surface area contributed by atoms with Gasteiger partial charge in [-0.2, -0.15) is 0 Å². The van der Waals surface area contributed by atoms with Crippen LogP contribution >= 0.6 is 0 Å². The van der Waals surface area contributed by atoms with Crippen LogP contribution in [0.5, 0.6) is 5.75 Å². The molecule has 1 fully saturated rings. The van der Waals surface area contributed by atoms with Crippen molar-refractivity contribution in [3.63, 3.8) is 0 Å². The molecule has 1 unspecified atom stereocenters. The third-order valence-electron chi connectivity index (χ3n) is 7.98. The molecule has 0 bridgehead atoms. The Labute approximate surface area is 204 Å². The topological polar surface area (TPSA) is 35.5 Å². The van der Waals surface area contributed by atoms with Crippen LogP contribution in [-0.2, 0) is 22.4 Å². The molecule has 0 aromatic heterocycles. The lowest BCUT2D eigenvalue weighted by molar-refractivity contribution is -0.143. The van der Waals surface area contributed by atoms with Gasteiger partial charge in [-0.25, -0.2) is 0 Å². The maximum absolute atomic E-state index is 11.9. The molecular weight excluding hydrogens is 420 g/mol. The van der Waals surface area contributed by atoms with Crippen LogP contribution < -0.4 is 4.74 Å². The second-order valence-electron chi connectivity index (χ2n) is 10.9. The molecule has 1 aliphatic heterocycles. The van der Waals surface area contributed by atoms with E-state index in [2.05, 4.69) is 56.3 Å². The monoisotopic (exact) mass is 458 g/mol. The van der Waals surface area contributed by atoms with E-state index in [1.807, 2.05) is 0 Å². The average molecular weight is 459 g/mol. The van der Waals surface area contributed by atoms with Crippen LogP contribution in [0.3, 0.4) is 0 Å². The Morgan fingerprint density at radius 3 is 2.41 bits per heavy atom. The maximum atomic E-state index is 11.9. The summed E-state index contributed by atoms with van der Waals surface area (Å²) < 4.78 is 12.6. The highest BCUT2D eigenvalue weighted by Crippen LogP contribution is 2.53. The minimum Gasteiger partial charge on any atom is -0.483 e. The molecule has 3 heteroatoms. The number of fused-ring (bicyclic) bond motifs is 2. The predicted octanol–water partition coefficient (Wildman–Crippen LogP) is 7.56. The normalized spacial score (nSPS) is 21.2. The molecule has 0 radical (unpaired) electrons. The van der Waals surface area contributed by atoms with Gasteiger partial charge >= 0.3 is 5.97 Å². The van der Waals surface area contributed by atoms with E-state index in [0.717, 1.165) is 31.4 Å². The van der Waals surface area contributed by atoms with Crippen molar-refractivity contribution < 1.29 is 14.3 Å². The lowest BCUT2D eigenvalue weighted by Crippen LogP contribution is -2.35. The summed E-state index contributed by atoms with van der Waals surface area (Å²) in [5.74, 6) is 1.39. The van der Waals surface area contributed by atoms with Crippen LogP contribution in [0, 0.1) is 0 Å². The zero-order chi connectivity index (χ0) is 23.7. The SMILES string of the molecule is CC(=O)OC1CCC2=C1c1c(cc(CCCCc3ccccc3)cc1C1CCCC1)OC2(C)C. The quantitative estimate of drug-likeness (QED) is 0.317. The highest BCUT2D eigenvalue weighted by molar-refractivity contribution is 5.84. The Kier molecular flexibility index (Phi) is 6.55. The summed E-state index contributed by atoms with van der Waals surface area (Å²) >= 11 is 0. The van der Waals surface area contributed by atoms with Gasteiger partial charge < -0.3 is 9.47 Å². The third kappa shape index (κ3) is 4.67. The number of hydrogen-bond acceptors (Lipinski definition) is 3. The number of rotatable bonds is 7. The Morgan fingerprint density at radius 2 is 1.71 bits per heavy atom. The van der Waals surface area contributed by atoms with E-state index < -0.39 is 0 Å². The molecule has 34 heavy (non-hydrogen) atoms. The minimum absolute atomic E-state index is 0.147. The summed E-state index contributed by atoms with van der Waals surface area (Å²) in [5, 5.41) is 0. The number of carbonyl (C=O) groups is 1. The van der Waals surface area contributed by atoms with Crippen molar-refractivity contribution in [1.29, 1.82) is 0 Å². The molecule has 0 N–H and O–H groups in total. The van der Waals surface area contributed by atoms with Crippen molar-refractivity contribution in [3.05, 3.63) is 70.3 Å². The van der Waals surface area contributed by atoms with Gasteiger partial charge in [-0.1, -0.05) is 49.2 Å². The van der Waals surface area contributed by atoms with Gasteiger partial charge in [-0.15, -0.1) is 0 Å². The van der Waals surface area contributed by atoms with Gasteiger partial charge in [0.2, 0.25) is 0 Å². The van der Waals surface area contributed by atoms with Gasteiger partial charge in [-0.3, -0.25) is 4.79 Å². The highest BCUT2D eigenvalue weighted by atomic mass is 16.5. The van der Waals surface area contributed by atoms with Crippen LogP contribution in [0.15, 0.2) is 48.0 Å². The van der Waals surface area contributed by atoms with Crippen LogP contribution in [-0.4, -0.2) is 17.7 Å². The number of carbonyl (C=O) groups excluding carboxylic acids is 1. The Bertz CT molecular complexity index is 1070. The van der Waals surface area contributed by atoms with E-state index in [1.165, 1.54) is 78.8 Å². The minimum atomic E-state index is -0.365. The van der Waals surface area contributed by atoms with E-state index in [9.17, 15) is 4.79 Å². The van der Waals surface area contributed by atoms with Crippen LogP contribution in [0.2, 0.25) is 0 Å². The first-order valence-corrected chi connectivity index (χ1v) is 13.2. The van der Waals surface area contributed by atoms with Gasteiger partial charge in [0.25, 0.3) is 0 Å². The predicted molar refractivity (Wildman–Crippen MR) is 137 cm³/mol. The van der Waals surface area contributed by atoms with Crippen LogP contribution in [0.4, 0.5) is 0 Å². The zero-order valence-corrected chi connectivity index (χ0v) is 21.0. The van der Waals surface area contributed by atoms with E-state index >= 15 is 0 Å². The van der Waals surface area contributed by atoms with Crippen molar-refractivity contribution >= 4 is 11.5 Å². The lowest BCUT2D eigenvalue weighted by Gasteiger charge is -2.37. The molecule has 3 aliphatic rings. The maximum Gasteiger partial charge on any atom is 0.303 e. The number of hydrogen-bond donors (Lipinski definition) is 0. The molecule has 1 atom stereocenters. The first-order valence-electron chi connectivity index (χ1n) is 13.2. The van der Waals surface area contributed by atoms with Crippen LogP contribution in [0.1, 0.15) is 100 Å². The van der Waals surface area contributed by atoms with Crippen molar-refractivity contribution in [2.75, 3.05) is 0 Å². The summed E-state index contributed by atoms with van der Waals surface area (Å²) in [7, 11) is 0. The van der Waals surface area contributed by atoms with E-state index in [0.29, 0.717) is 5.92 Å². The number of benzene rings is 2. The molecule has 0 saturated heterocycles. The summed E-state index contributed by atoms with van der Waals surface area (Å²) in [5.41, 5.74) is 7.70. The fourth-order valence-electron chi connectivity index (χ4n) is 6.41. The largest absolute Gasteiger partial charge is 0.483 e. The Morgan fingerprint density at radius 1 is 1.00 bits per heavy atom. The summed E-state index contributed by atoms with van der Waals surface area (Å²) in [6, 6.07) is 15.5. The highest BCUT2D eigenvalue weighted by Gasteiger charge is 2.44. The molecule has 5 rings (SSSR count). The Hall–Kier alpha value is -2.55. The fourth-order valence-corrected chi connectivity index (χ4v) is 6.41. The smallest absolute Gasteiger partial charge is 0.303 e. The molecule has 0 spiro atoms. The van der Waals surface area contributed by atoms with E-state index in [-0.39, 0.29) is 17.7 Å². The van der Waals surface area contributed by atoms with Crippen molar-refractivity contribution in [1.82, 2.24) is 0 Å². The zero-order valence-electron chi connectivity index (χ0n) is 21.0. The first kappa shape index (κ1) is 23.2. The summed E-state index contributed by atoms with van der Waals surface area (Å²) in [6.07, 6.45) is 11.3. The van der Waals surface area contributed by atoms with Gasteiger partial charge in [0.1, 0.15) is 17.5 Å². The summed E-state index contributed by atoms with van der Waals surface area (Å²) in [6.45, 7) is 5.87. The van der Waals surface area contributed by atoms with Gasteiger partial charge in [0, 0.05) is 18.1 Å². The second kappa shape index (κ2) is 9.60. The van der Waals surface area contributed by atoms with Crippen molar-refractivity contribution in [2.24, 2.45) is 0 Å². The second-order valence-corrected chi connectivity index (χ2v) is 10.9. The van der Waals surface area contributed by atoms with E-state index in [4.69, 9.17) is 9.47 Å². The molecule has 1 heterocycles. The standard InChI is InChI=1S/C31H38O3/c1-21(32)33-27-18-17-26-30(27)29-25(24-15-9-10-16-24)19-23(20-28(29)34-31(26,2)3)14-8-7-13-22-11-5-4-6-12-22/h4-6,11-12,19-20,24,27H,7-10,13-18H2,1-3H3. The molecule has 180 valence electrons. The number of unbranched alkanes of at least 4 members (excludes halogenated alkanes) is 1. The molecule has 2 aromatic carbocycles. The summed E-state index contributed by atoms with van der Waals surface area (Å²) in [4.78, 5) is 11.9. The Balaban J connectivity index is 1.46. The molecule has 1 saturated carbocycles. The third-order valence-corrected chi connectivity index (χ3v) is 7.98. The average Bonchev–Trinajstić information content (AvgIpc) is 3.47. The molecule has 2 aromatic rings. The van der Waals surface area contributed by atoms with Crippen molar-refractivity contribution in [3.8, 4) is 5.75 Å². The van der Waals surface area contributed by atoms with Crippen LogP contribution in [0.25, 0.3) is 5.57 Å². The van der Waals surface area contributed by atoms with Gasteiger partial charge in [0.05, 0.1) is 0 Å². The van der Waals surface area contributed by atoms with E-state index in [1.54, 1.807) is 0 Å². The number of ether oxygens (including phenoxy) is 2. The molecule has 0 amide bonds. The molecule has 2 aliphatic carbocycles. The lowest BCUT2D eigenvalue weighted by atomic mass is 9.80. The van der Waals surface area contributed by atoms with Gasteiger partial charge in [0.15, 0.2) is 0 Å².